The number of hydrogen-bond donors (Lipinski definition) is 0. The van der Waals surface area contributed by atoms with E-state index in [-0.39, 0.29) is 5.56 Å². The normalized spacial score (nSPS) is 11.1. The molecule has 0 saturated carbocycles. The second-order valence-corrected chi connectivity index (χ2v) is 6.44. The van der Waals surface area contributed by atoms with Crippen LogP contribution in [0, 0.1) is 0 Å². The molecule has 0 amide bonds. The van der Waals surface area contributed by atoms with Crippen molar-refractivity contribution in [1.82, 2.24) is 9.38 Å². The molecule has 0 atom stereocenters. The predicted octanol–water partition coefficient (Wildman–Crippen LogP) is 5.18. The fourth-order valence-electron chi connectivity index (χ4n) is 3.72. The number of aromatic nitrogens is 2. The molecule has 2 aromatic heterocycles. The molecule has 0 aliphatic carbocycles. The number of pyridine rings is 1. The number of hydrogen-bond acceptors (Lipinski definition) is 2. The highest BCUT2D eigenvalue weighted by molar-refractivity contribution is 6.08. The zero-order valence-electron chi connectivity index (χ0n) is 14.5. The van der Waals surface area contributed by atoms with Crippen LogP contribution >= 0.6 is 0 Å². The van der Waals surface area contributed by atoms with E-state index in [1.165, 1.54) is 6.07 Å². The monoisotopic (exact) mass is 348 g/mol. The Kier molecular flexibility index (Phi) is 3.58. The van der Waals surface area contributed by atoms with E-state index in [0.29, 0.717) is 5.65 Å². The topological polar surface area (TPSA) is 34.4 Å². The van der Waals surface area contributed by atoms with E-state index in [0.717, 1.165) is 33.2 Å². The molecule has 0 radical (unpaired) electrons. The SMILES string of the molecule is O=c1ccnc2c3ccccc3c(-c3ccccc3)c(-c3ccccc3)n12. The smallest absolute Gasteiger partial charge is 0.258 e. The van der Waals surface area contributed by atoms with Gasteiger partial charge in [-0.1, -0.05) is 84.9 Å². The Morgan fingerprint density at radius 3 is 1.93 bits per heavy atom. The molecule has 0 aliphatic heterocycles. The van der Waals surface area contributed by atoms with Crippen molar-refractivity contribution < 1.29 is 0 Å². The summed E-state index contributed by atoms with van der Waals surface area (Å²) in [6.45, 7) is 0. The van der Waals surface area contributed by atoms with Gasteiger partial charge < -0.3 is 0 Å². The maximum absolute atomic E-state index is 12.9. The van der Waals surface area contributed by atoms with Gasteiger partial charge in [0.05, 0.1) is 5.69 Å². The lowest BCUT2D eigenvalue weighted by atomic mass is 9.93. The summed E-state index contributed by atoms with van der Waals surface area (Å²) < 4.78 is 1.74. The molecule has 0 N–H and O–H groups in total. The average Bonchev–Trinajstić information content (AvgIpc) is 2.74. The minimum atomic E-state index is -0.0817. The van der Waals surface area contributed by atoms with Crippen LogP contribution in [-0.4, -0.2) is 9.38 Å². The zero-order valence-corrected chi connectivity index (χ0v) is 14.5. The lowest BCUT2D eigenvalue weighted by Crippen LogP contribution is -2.16. The Labute approximate surface area is 156 Å². The third kappa shape index (κ3) is 2.44. The first-order valence-electron chi connectivity index (χ1n) is 8.88. The van der Waals surface area contributed by atoms with E-state index >= 15 is 0 Å². The lowest BCUT2D eigenvalue weighted by molar-refractivity contribution is 1.06. The average molecular weight is 348 g/mol. The molecule has 0 bridgehead atoms. The van der Waals surface area contributed by atoms with Crippen molar-refractivity contribution in [1.29, 1.82) is 0 Å². The van der Waals surface area contributed by atoms with Gasteiger partial charge in [-0.05, 0) is 16.5 Å². The van der Waals surface area contributed by atoms with Crippen LogP contribution in [0.4, 0.5) is 0 Å². The van der Waals surface area contributed by atoms with E-state index in [4.69, 9.17) is 0 Å². The molecular weight excluding hydrogens is 332 g/mol. The molecule has 128 valence electrons. The van der Waals surface area contributed by atoms with Crippen LogP contribution in [0.1, 0.15) is 0 Å². The molecule has 3 nitrogen and oxygen atoms in total. The van der Waals surface area contributed by atoms with Crippen molar-refractivity contribution in [3.63, 3.8) is 0 Å². The Balaban J connectivity index is 2.11. The fraction of sp³-hybridized carbons (Fsp3) is 0. The standard InChI is InChI=1S/C24H16N2O/c27-21-15-16-25-24-20-14-8-7-13-19(20)22(17-9-3-1-4-10-17)23(26(21)24)18-11-5-2-6-12-18/h1-16H. The van der Waals surface area contributed by atoms with Gasteiger partial charge in [-0.3, -0.25) is 9.20 Å². The van der Waals surface area contributed by atoms with Gasteiger partial charge in [-0.2, -0.15) is 0 Å². The molecule has 27 heavy (non-hydrogen) atoms. The fourth-order valence-corrected chi connectivity index (χ4v) is 3.72. The Hall–Kier alpha value is -3.72. The summed E-state index contributed by atoms with van der Waals surface area (Å²) in [6.07, 6.45) is 1.58. The largest absolute Gasteiger partial charge is 0.269 e. The van der Waals surface area contributed by atoms with Crippen LogP contribution in [-0.2, 0) is 0 Å². The molecular formula is C24H16N2O. The molecule has 0 unspecified atom stereocenters. The van der Waals surface area contributed by atoms with Crippen molar-refractivity contribution in [3.05, 3.63) is 108 Å². The summed E-state index contributed by atoms with van der Waals surface area (Å²) in [7, 11) is 0. The van der Waals surface area contributed by atoms with Gasteiger partial charge in [0.15, 0.2) is 0 Å². The van der Waals surface area contributed by atoms with Gasteiger partial charge in [0.1, 0.15) is 5.65 Å². The summed E-state index contributed by atoms with van der Waals surface area (Å²) in [6, 6.07) is 29.9. The minimum Gasteiger partial charge on any atom is -0.269 e. The summed E-state index contributed by atoms with van der Waals surface area (Å²) in [5.41, 5.74) is 4.57. The summed E-state index contributed by atoms with van der Waals surface area (Å²) in [5, 5.41) is 2.05. The van der Waals surface area contributed by atoms with Gasteiger partial charge in [0.25, 0.3) is 5.56 Å². The van der Waals surface area contributed by atoms with Crippen molar-refractivity contribution in [2.24, 2.45) is 0 Å². The number of benzene rings is 3. The molecule has 5 aromatic rings. The first kappa shape index (κ1) is 15.5. The van der Waals surface area contributed by atoms with Crippen LogP contribution in [0.15, 0.2) is 102 Å². The van der Waals surface area contributed by atoms with Gasteiger partial charge in [-0.25, -0.2) is 4.98 Å². The maximum atomic E-state index is 12.9. The van der Waals surface area contributed by atoms with Gasteiger partial charge in [-0.15, -0.1) is 0 Å². The number of rotatable bonds is 2. The van der Waals surface area contributed by atoms with Gasteiger partial charge >= 0.3 is 0 Å². The van der Waals surface area contributed by atoms with Crippen molar-refractivity contribution in [2.45, 2.75) is 0 Å². The Bertz CT molecular complexity index is 1320. The summed E-state index contributed by atoms with van der Waals surface area (Å²) in [5.74, 6) is 0. The lowest BCUT2D eigenvalue weighted by Gasteiger charge is -2.18. The molecule has 3 heteroatoms. The van der Waals surface area contributed by atoms with E-state index in [2.05, 4.69) is 23.2 Å². The molecule has 0 saturated heterocycles. The van der Waals surface area contributed by atoms with Gasteiger partial charge in [0.2, 0.25) is 0 Å². The highest BCUT2D eigenvalue weighted by Crippen LogP contribution is 2.38. The quantitative estimate of drug-likeness (QED) is 0.412. The van der Waals surface area contributed by atoms with Gasteiger partial charge in [0, 0.05) is 23.2 Å². The third-order valence-electron chi connectivity index (χ3n) is 4.85. The zero-order chi connectivity index (χ0) is 18.2. The number of fused-ring (bicyclic) bond motifs is 3. The third-order valence-corrected chi connectivity index (χ3v) is 4.85. The van der Waals surface area contributed by atoms with Crippen LogP contribution in [0.2, 0.25) is 0 Å². The van der Waals surface area contributed by atoms with E-state index in [1.54, 1.807) is 10.6 Å². The predicted molar refractivity (Wildman–Crippen MR) is 110 cm³/mol. The van der Waals surface area contributed by atoms with Crippen LogP contribution in [0.3, 0.4) is 0 Å². The van der Waals surface area contributed by atoms with E-state index in [9.17, 15) is 4.79 Å². The molecule has 3 aromatic carbocycles. The first-order chi connectivity index (χ1) is 13.3. The Morgan fingerprint density at radius 1 is 0.630 bits per heavy atom. The Morgan fingerprint density at radius 2 is 1.22 bits per heavy atom. The maximum Gasteiger partial charge on any atom is 0.258 e. The molecule has 5 rings (SSSR count). The highest BCUT2D eigenvalue weighted by Gasteiger charge is 2.18. The van der Waals surface area contributed by atoms with E-state index in [1.807, 2.05) is 66.7 Å². The first-order valence-corrected chi connectivity index (χ1v) is 8.88. The molecule has 2 heterocycles. The molecule has 0 fully saturated rings. The van der Waals surface area contributed by atoms with Crippen LogP contribution in [0.5, 0.6) is 0 Å². The summed E-state index contributed by atoms with van der Waals surface area (Å²) in [4.78, 5) is 17.5. The van der Waals surface area contributed by atoms with Crippen LogP contribution < -0.4 is 5.56 Å². The second kappa shape index (κ2) is 6.22. The summed E-state index contributed by atoms with van der Waals surface area (Å²) >= 11 is 0. The van der Waals surface area contributed by atoms with Crippen molar-refractivity contribution in [3.8, 4) is 22.4 Å². The van der Waals surface area contributed by atoms with Crippen LogP contribution in [0.25, 0.3) is 38.8 Å². The van der Waals surface area contributed by atoms with Crippen molar-refractivity contribution >= 4 is 16.4 Å². The minimum absolute atomic E-state index is 0.0817. The molecule has 0 spiro atoms. The number of nitrogens with zero attached hydrogens (tertiary/aromatic N) is 2. The highest BCUT2D eigenvalue weighted by atomic mass is 16.1. The van der Waals surface area contributed by atoms with E-state index < -0.39 is 0 Å². The van der Waals surface area contributed by atoms with Crippen molar-refractivity contribution in [2.75, 3.05) is 0 Å². The second-order valence-electron chi connectivity index (χ2n) is 6.44. The molecule has 0 aliphatic rings.